The van der Waals surface area contributed by atoms with E-state index in [1.807, 2.05) is 6.07 Å². The zero-order valence-corrected chi connectivity index (χ0v) is 8.41. The Morgan fingerprint density at radius 3 is 2.38 bits per heavy atom. The minimum Gasteiger partial charge on any atom is -0.276 e. The molecule has 0 aromatic heterocycles. The first-order valence-corrected chi connectivity index (χ1v) is 4.29. The van der Waals surface area contributed by atoms with Crippen molar-refractivity contribution in [3.05, 3.63) is 33.3 Å². The summed E-state index contributed by atoms with van der Waals surface area (Å²) in [6, 6.07) is 4.59. The molecule has 0 spiro atoms. The van der Waals surface area contributed by atoms with Gasteiger partial charge in [-0.1, -0.05) is 23.2 Å². The number of hydrogen-bond acceptors (Lipinski definition) is 2. The average Bonchev–Trinajstić information content (AvgIpc) is 2.09. The van der Waals surface area contributed by atoms with Gasteiger partial charge in [-0.05, 0) is 23.7 Å². The van der Waals surface area contributed by atoms with E-state index in [0.717, 1.165) is 0 Å². The third-order valence-electron chi connectivity index (χ3n) is 1.41. The second-order valence-electron chi connectivity index (χ2n) is 2.17. The Labute approximate surface area is 89.6 Å². The van der Waals surface area contributed by atoms with E-state index < -0.39 is 5.24 Å². The topological polar surface area (TPSA) is 40.9 Å². The number of carbonyl (C=O) groups is 1. The summed E-state index contributed by atoms with van der Waals surface area (Å²) >= 11 is 16.6. The Balaban J connectivity index is 3.42. The van der Waals surface area contributed by atoms with Crippen LogP contribution >= 0.6 is 34.8 Å². The first-order valence-electron chi connectivity index (χ1n) is 3.16. The standard InChI is InChI=1S/C8H2Cl3NO/c9-6-4(3-12)1-2-5(7(6)10)8(11)13/h1-2H. The van der Waals surface area contributed by atoms with Gasteiger partial charge in [0.2, 0.25) is 0 Å². The van der Waals surface area contributed by atoms with Crippen molar-refractivity contribution < 1.29 is 4.79 Å². The van der Waals surface area contributed by atoms with Crippen molar-refractivity contribution in [2.24, 2.45) is 0 Å². The maximum atomic E-state index is 10.8. The largest absolute Gasteiger partial charge is 0.276 e. The summed E-state index contributed by atoms with van der Waals surface area (Å²) in [6.07, 6.45) is 0. The SMILES string of the molecule is N#Cc1ccc(C(=O)Cl)c(Cl)c1Cl. The quantitative estimate of drug-likeness (QED) is 0.700. The van der Waals surface area contributed by atoms with Crippen molar-refractivity contribution >= 4 is 40.0 Å². The summed E-state index contributed by atoms with van der Waals surface area (Å²) in [6.45, 7) is 0. The van der Waals surface area contributed by atoms with Crippen LogP contribution in [0.5, 0.6) is 0 Å². The highest BCUT2D eigenvalue weighted by atomic mass is 35.5. The van der Waals surface area contributed by atoms with E-state index in [0.29, 0.717) is 0 Å². The van der Waals surface area contributed by atoms with Crippen LogP contribution in [-0.2, 0) is 0 Å². The number of carbonyl (C=O) groups excluding carboxylic acids is 1. The smallest absolute Gasteiger partial charge is 0.253 e. The summed E-state index contributed by atoms with van der Waals surface area (Å²) in [5.74, 6) is 0. The van der Waals surface area contributed by atoms with Crippen LogP contribution in [0.3, 0.4) is 0 Å². The fourth-order valence-corrected chi connectivity index (χ4v) is 1.45. The van der Waals surface area contributed by atoms with Crippen LogP contribution in [0.25, 0.3) is 0 Å². The van der Waals surface area contributed by atoms with E-state index in [4.69, 9.17) is 40.1 Å². The molecule has 0 bridgehead atoms. The van der Waals surface area contributed by atoms with Gasteiger partial charge in [0.25, 0.3) is 5.24 Å². The Morgan fingerprint density at radius 1 is 1.31 bits per heavy atom. The predicted molar refractivity (Wildman–Crippen MR) is 51.4 cm³/mol. The molecule has 0 radical (unpaired) electrons. The van der Waals surface area contributed by atoms with Crippen LogP contribution in [0.1, 0.15) is 15.9 Å². The molecule has 0 unspecified atom stereocenters. The van der Waals surface area contributed by atoms with E-state index >= 15 is 0 Å². The Bertz CT molecular complexity index is 409. The fourth-order valence-electron chi connectivity index (χ4n) is 0.788. The molecular formula is C8H2Cl3NO. The Kier molecular flexibility index (Phi) is 3.16. The highest BCUT2D eigenvalue weighted by molar-refractivity contribution is 6.69. The van der Waals surface area contributed by atoms with Gasteiger partial charge in [-0.15, -0.1) is 0 Å². The van der Waals surface area contributed by atoms with Gasteiger partial charge < -0.3 is 0 Å². The van der Waals surface area contributed by atoms with Crippen molar-refractivity contribution in [3.8, 4) is 6.07 Å². The van der Waals surface area contributed by atoms with Crippen molar-refractivity contribution in [1.82, 2.24) is 0 Å². The molecule has 0 aliphatic carbocycles. The fraction of sp³-hybridized carbons (Fsp3) is 0. The molecule has 1 aromatic carbocycles. The number of nitrogens with zero attached hydrogens (tertiary/aromatic N) is 1. The van der Waals surface area contributed by atoms with Gasteiger partial charge in [0, 0.05) is 0 Å². The zero-order valence-electron chi connectivity index (χ0n) is 6.14. The average molecular weight is 234 g/mol. The molecule has 0 amide bonds. The molecule has 2 nitrogen and oxygen atoms in total. The first kappa shape index (κ1) is 10.3. The molecule has 0 heterocycles. The van der Waals surface area contributed by atoms with Gasteiger partial charge in [-0.3, -0.25) is 4.79 Å². The predicted octanol–water partition coefficient (Wildman–Crippen LogP) is 3.24. The number of benzene rings is 1. The minimum absolute atomic E-state index is 0.0146. The number of nitriles is 1. The molecular weight excluding hydrogens is 232 g/mol. The van der Waals surface area contributed by atoms with Gasteiger partial charge in [0.1, 0.15) is 6.07 Å². The monoisotopic (exact) mass is 233 g/mol. The molecule has 66 valence electrons. The molecule has 0 atom stereocenters. The Hall–Kier alpha value is -0.750. The van der Waals surface area contributed by atoms with Crippen LogP contribution in [0.4, 0.5) is 0 Å². The molecule has 0 saturated carbocycles. The van der Waals surface area contributed by atoms with Crippen molar-refractivity contribution in [2.75, 3.05) is 0 Å². The Morgan fingerprint density at radius 2 is 1.92 bits per heavy atom. The summed E-state index contributed by atoms with van der Waals surface area (Å²) in [4.78, 5) is 10.8. The van der Waals surface area contributed by atoms with E-state index in [9.17, 15) is 4.79 Å². The number of rotatable bonds is 1. The summed E-state index contributed by atoms with van der Waals surface area (Å²) in [7, 11) is 0. The first-order chi connectivity index (χ1) is 6.07. The molecule has 13 heavy (non-hydrogen) atoms. The molecule has 1 rings (SSSR count). The highest BCUT2D eigenvalue weighted by Crippen LogP contribution is 2.29. The lowest BCUT2D eigenvalue weighted by Gasteiger charge is -2.01. The molecule has 1 aromatic rings. The third-order valence-corrected chi connectivity index (χ3v) is 2.50. The second kappa shape index (κ2) is 3.97. The van der Waals surface area contributed by atoms with E-state index in [1.54, 1.807) is 0 Å². The minimum atomic E-state index is -0.698. The van der Waals surface area contributed by atoms with Crippen LogP contribution in [-0.4, -0.2) is 5.24 Å². The lowest BCUT2D eigenvalue weighted by molar-refractivity contribution is 0.108. The molecule has 0 aliphatic rings. The third kappa shape index (κ3) is 1.94. The molecule has 0 aliphatic heterocycles. The van der Waals surface area contributed by atoms with Gasteiger partial charge in [-0.25, -0.2) is 0 Å². The maximum Gasteiger partial charge on any atom is 0.253 e. The second-order valence-corrected chi connectivity index (χ2v) is 3.27. The van der Waals surface area contributed by atoms with E-state index in [1.165, 1.54) is 12.1 Å². The van der Waals surface area contributed by atoms with E-state index in [-0.39, 0.29) is 21.2 Å². The zero-order chi connectivity index (χ0) is 10.0. The molecule has 0 saturated heterocycles. The van der Waals surface area contributed by atoms with Gasteiger partial charge in [0.05, 0.1) is 21.2 Å². The number of halogens is 3. The van der Waals surface area contributed by atoms with Crippen LogP contribution in [0, 0.1) is 11.3 Å². The molecule has 0 N–H and O–H groups in total. The van der Waals surface area contributed by atoms with Gasteiger partial charge >= 0.3 is 0 Å². The van der Waals surface area contributed by atoms with E-state index in [2.05, 4.69) is 0 Å². The summed E-state index contributed by atoms with van der Waals surface area (Å²) in [5, 5.41) is 7.93. The number of hydrogen-bond donors (Lipinski definition) is 0. The summed E-state index contributed by atoms with van der Waals surface area (Å²) < 4.78 is 0. The van der Waals surface area contributed by atoms with Crippen molar-refractivity contribution in [1.29, 1.82) is 5.26 Å². The normalized spacial score (nSPS) is 9.38. The van der Waals surface area contributed by atoms with Gasteiger partial charge in [-0.2, -0.15) is 5.26 Å². The van der Waals surface area contributed by atoms with Crippen molar-refractivity contribution in [3.63, 3.8) is 0 Å². The lowest BCUT2D eigenvalue weighted by Crippen LogP contribution is -1.92. The van der Waals surface area contributed by atoms with Crippen LogP contribution in [0.15, 0.2) is 12.1 Å². The lowest BCUT2D eigenvalue weighted by atomic mass is 10.1. The maximum absolute atomic E-state index is 10.8. The van der Waals surface area contributed by atoms with Crippen LogP contribution in [0.2, 0.25) is 10.0 Å². The van der Waals surface area contributed by atoms with Crippen LogP contribution < -0.4 is 0 Å². The molecule has 5 heteroatoms. The molecule has 0 fully saturated rings. The van der Waals surface area contributed by atoms with Gasteiger partial charge in [0.15, 0.2) is 0 Å². The summed E-state index contributed by atoms with van der Waals surface area (Å²) in [5.41, 5.74) is 0.320. The highest BCUT2D eigenvalue weighted by Gasteiger charge is 2.13. The van der Waals surface area contributed by atoms with Crippen molar-refractivity contribution in [2.45, 2.75) is 0 Å².